The lowest BCUT2D eigenvalue weighted by Crippen LogP contribution is -2.40. The third-order valence-electron chi connectivity index (χ3n) is 3.52. The van der Waals surface area contributed by atoms with Crippen molar-refractivity contribution in [2.24, 2.45) is 0 Å². The minimum Gasteiger partial charge on any atom is -0.461 e. The normalized spacial score (nSPS) is 21.2. The zero-order valence-electron chi connectivity index (χ0n) is 16.9. The van der Waals surface area contributed by atoms with Gasteiger partial charge in [0.1, 0.15) is 0 Å². The molecule has 1 rings (SSSR count). The van der Waals surface area contributed by atoms with Crippen LogP contribution in [0, 0.1) is 0 Å². The molecule has 148 valence electrons. The van der Waals surface area contributed by atoms with Crippen molar-refractivity contribution in [3.05, 3.63) is 23.3 Å². The summed E-state index contributed by atoms with van der Waals surface area (Å²) >= 11 is 0. The molecular formula is C20H32O6. The minimum atomic E-state index is -1.13. The van der Waals surface area contributed by atoms with Gasteiger partial charge in [0.05, 0.1) is 12.2 Å². The van der Waals surface area contributed by atoms with E-state index >= 15 is 0 Å². The van der Waals surface area contributed by atoms with Gasteiger partial charge in [0.25, 0.3) is 0 Å². The lowest BCUT2D eigenvalue weighted by Gasteiger charge is -2.17. The van der Waals surface area contributed by atoms with Crippen LogP contribution >= 0.6 is 0 Å². The highest BCUT2D eigenvalue weighted by Crippen LogP contribution is 2.25. The fourth-order valence-corrected chi connectivity index (χ4v) is 2.40. The molecule has 6 heteroatoms. The Kier molecular flexibility index (Phi) is 9.02. The largest absolute Gasteiger partial charge is 0.461 e. The van der Waals surface area contributed by atoms with Gasteiger partial charge in [0.2, 0.25) is 0 Å². The van der Waals surface area contributed by atoms with E-state index in [0.29, 0.717) is 0 Å². The van der Waals surface area contributed by atoms with E-state index in [1.807, 2.05) is 6.92 Å². The van der Waals surface area contributed by atoms with Crippen LogP contribution in [0.2, 0.25) is 0 Å². The van der Waals surface area contributed by atoms with Crippen molar-refractivity contribution in [2.45, 2.75) is 92.0 Å². The molecule has 0 aromatic carbocycles. The Labute approximate surface area is 156 Å². The van der Waals surface area contributed by atoms with Gasteiger partial charge in [-0.3, -0.25) is 0 Å². The Morgan fingerprint density at radius 1 is 0.923 bits per heavy atom. The molecule has 1 aliphatic rings. The molecule has 0 saturated carbocycles. The summed E-state index contributed by atoms with van der Waals surface area (Å²) in [6, 6.07) is 0. The summed E-state index contributed by atoms with van der Waals surface area (Å²) in [6.07, 6.45) is 2.03. The molecule has 0 N–H and O–H groups in total. The van der Waals surface area contributed by atoms with Gasteiger partial charge in [-0.25, -0.2) is 9.59 Å². The van der Waals surface area contributed by atoms with Gasteiger partial charge in [-0.05, 0) is 67.4 Å². The van der Waals surface area contributed by atoms with Crippen molar-refractivity contribution >= 4 is 11.9 Å². The van der Waals surface area contributed by atoms with Gasteiger partial charge in [0, 0.05) is 0 Å². The van der Waals surface area contributed by atoms with Gasteiger partial charge < -0.3 is 18.9 Å². The molecule has 0 aliphatic carbocycles. The molecule has 26 heavy (non-hydrogen) atoms. The van der Waals surface area contributed by atoms with Crippen LogP contribution < -0.4 is 0 Å². The Morgan fingerprint density at radius 3 is 1.77 bits per heavy atom. The summed E-state index contributed by atoms with van der Waals surface area (Å²) in [5.41, 5.74) is 2.32. The van der Waals surface area contributed by atoms with E-state index in [2.05, 4.69) is 19.9 Å². The summed E-state index contributed by atoms with van der Waals surface area (Å²) in [5, 5.41) is 0. The monoisotopic (exact) mass is 368 g/mol. The molecule has 0 radical (unpaired) electrons. The van der Waals surface area contributed by atoms with Gasteiger partial charge in [-0.1, -0.05) is 17.2 Å². The molecule has 0 spiro atoms. The average Bonchev–Trinajstić information content (AvgIpc) is 2.89. The van der Waals surface area contributed by atoms with E-state index in [0.717, 1.165) is 18.4 Å². The highest BCUT2D eigenvalue weighted by molar-refractivity contribution is 5.86. The first-order valence-electron chi connectivity index (χ1n) is 9.12. The standard InChI is InChI=1S/C20H32O6/c1-12(2)9-8-10-15(7)11-16-25-17(19(21)23-13(3)4)18(26-16)20(22)24-14(5)6/h9,11,13-14,16-18H,8,10H2,1-7H3/t17-,18-/m1/s1. The van der Waals surface area contributed by atoms with Crippen molar-refractivity contribution in [1.29, 1.82) is 0 Å². The van der Waals surface area contributed by atoms with Crippen LogP contribution in [-0.4, -0.2) is 42.6 Å². The van der Waals surface area contributed by atoms with Crippen molar-refractivity contribution in [2.75, 3.05) is 0 Å². The number of rotatable bonds is 8. The maximum Gasteiger partial charge on any atom is 0.339 e. The van der Waals surface area contributed by atoms with E-state index < -0.39 is 30.4 Å². The molecule has 0 aromatic rings. The van der Waals surface area contributed by atoms with E-state index in [1.54, 1.807) is 33.8 Å². The first-order valence-corrected chi connectivity index (χ1v) is 9.12. The summed E-state index contributed by atoms with van der Waals surface area (Å²) < 4.78 is 21.7. The van der Waals surface area contributed by atoms with Crippen LogP contribution in [0.15, 0.2) is 23.3 Å². The SMILES string of the molecule is CC(C)=CCCC(C)=CC1O[C@@H](C(=O)OC(C)C)[C@H](C(=O)OC(C)C)O1. The van der Waals surface area contributed by atoms with Gasteiger partial charge in [0.15, 0.2) is 18.5 Å². The van der Waals surface area contributed by atoms with E-state index in [4.69, 9.17) is 18.9 Å². The summed E-state index contributed by atoms with van der Waals surface area (Å²) in [7, 11) is 0. The molecule has 0 aromatic heterocycles. The first kappa shape index (κ1) is 22.4. The van der Waals surface area contributed by atoms with Crippen LogP contribution in [0.1, 0.15) is 61.3 Å². The van der Waals surface area contributed by atoms with Gasteiger partial charge in [-0.2, -0.15) is 0 Å². The third kappa shape index (κ3) is 7.70. The number of hydrogen-bond donors (Lipinski definition) is 0. The molecule has 0 unspecified atom stereocenters. The Balaban J connectivity index is 2.83. The molecule has 1 fully saturated rings. The van der Waals surface area contributed by atoms with Crippen molar-refractivity contribution < 1.29 is 28.5 Å². The molecule has 2 atom stereocenters. The number of carbonyl (C=O) groups is 2. The van der Waals surface area contributed by atoms with Crippen molar-refractivity contribution in [3.8, 4) is 0 Å². The molecule has 0 bridgehead atoms. The Hall–Kier alpha value is -1.66. The predicted octanol–water partition coefficient (Wildman–Crippen LogP) is 3.69. The highest BCUT2D eigenvalue weighted by atomic mass is 16.8. The molecule has 0 amide bonds. The molecule has 1 saturated heterocycles. The zero-order valence-corrected chi connectivity index (χ0v) is 16.9. The van der Waals surface area contributed by atoms with E-state index in [9.17, 15) is 9.59 Å². The maximum atomic E-state index is 12.3. The summed E-state index contributed by atoms with van der Waals surface area (Å²) in [4.78, 5) is 24.5. The second kappa shape index (κ2) is 10.5. The minimum absolute atomic E-state index is 0.312. The molecular weight excluding hydrogens is 336 g/mol. The summed E-state index contributed by atoms with van der Waals surface area (Å²) in [5.74, 6) is -1.24. The van der Waals surface area contributed by atoms with Crippen LogP contribution in [0.5, 0.6) is 0 Å². The highest BCUT2D eigenvalue weighted by Gasteiger charge is 2.47. The van der Waals surface area contributed by atoms with Crippen LogP contribution in [0.4, 0.5) is 0 Å². The maximum absolute atomic E-state index is 12.3. The lowest BCUT2D eigenvalue weighted by atomic mass is 10.1. The van der Waals surface area contributed by atoms with E-state index in [1.165, 1.54) is 5.57 Å². The molecule has 6 nitrogen and oxygen atoms in total. The number of hydrogen-bond acceptors (Lipinski definition) is 6. The van der Waals surface area contributed by atoms with E-state index in [-0.39, 0.29) is 12.2 Å². The third-order valence-corrected chi connectivity index (χ3v) is 3.52. The quantitative estimate of drug-likeness (QED) is 0.481. The number of carbonyl (C=O) groups excluding carboxylic acids is 2. The van der Waals surface area contributed by atoms with Gasteiger partial charge in [-0.15, -0.1) is 0 Å². The molecule has 1 heterocycles. The Bertz CT molecular complexity index is 513. The van der Waals surface area contributed by atoms with Crippen LogP contribution in [0.25, 0.3) is 0 Å². The summed E-state index contributed by atoms with van der Waals surface area (Å²) in [6.45, 7) is 13.0. The van der Waals surface area contributed by atoms with Crippen molar-refractivity contribution in [1.82, 2.24) is 0 Å². The second-order valence-electron chi connectivity index (χ2n) is 7.29. The topological polar surface area (TPSA) is 71.1 Å². The average molecular weight is 368 g/mol. The predicted molar refractivity (Wildman–Crippen MR) is 98.4 cm³/mol. The Morgan fingerprint density at radius 2 is 1.38 bits per heavy atom. The van der Waals surface area contributed by atoms with Crippen LogP contribution in [-0.2, 0) is 28.5 Å². The fourth-order valence-electron chi connectivity index (χ4n) is 2.40. The smallest absolute Gasteiger partial charge is 0.339 e. The lowest BCUT2D eigenvalue weighted by molar-refractivity contribution is -0.167. The second-order valence-corrected chi connectivity index (χ2v) is 7.29. The fraction of sp³-hybridized carbons (Fsp3) is 0.700. The van der Waals surface area contributed by atoms with Crippen LogP contribution in [0.3, 0.4) is 0 Å². The zero-order chi connectivity index (χ0) is 19.9. The first-order chi connectivity index (χ1) is 12.1. The number of ether oxygens (including phenoxy) is 4. The number of allylic oxidation sites excluding steroid dienone is 3. The number of esters is 2. The van der Waals surface area contributed by atoms with Gasteiger partial charge >= 0.3 is 11.9 Å². The van der Waals surface area contributed by atoms with Crippen molar-refractivity contribution in [3.63, 3.8) is 0 Å². The molecule has 1 aliphatic heterocycles.